The Kier molecular flexibility index (Phi) is 5.36. The van der Waals surface area contributed by atoms with Crippen LogP contribution in [-0.2, 0) is 16.0 Å². The number of ether oxygens (including phenoxy) is 1. The van der Waals surface area contributed by atoms with E-state index >= 15 is 0 Å². The maximum Gasteiger partial charge on any atom is 0.253 e. The van der Waals surface area contributed by atoms with Crippen molar-refractivity contribution in [2.24, 2.45) is 0 Å². The molecule has 3 aromatic rings. The first-order valence-electron chi connectivity index (χ1n) is 9.01. The predicted molar refractivity (Wildman–Crippen MR) is 103 cm³/mol. The number of fused-ring (bicyclic) bond motifs is 1. The summed E-state index contributed by atoms with van der Waals surface area (Å²) in [5, 5.41) is 7.33. The van der Waals surface area contributed by atoms with Crippen molar-refractivity contribution in [3.05, 3.63) is 53.0 Å². The number of aromatic nitrogens is 2. The number of anilines is 1. The van der Waals surface area contributed by atoms with E-state index in [1.165, 1.54) is 12.1 Å². The maximum atomic E-state index is 13.9. The van der Waals surface area contributed by atoms with Crippen LogP contribution in [0.1, 0.15) is 28.9 Å². The zero-order valence-electron chi connectivity index (χ0n) is 15.0. The molecule has 2 N–H and O–H groups in total. The van der Waals surface area contributed by atoms with Crippen LogP contribution >= 0.6 is 11.3 Å². The minimum atomic E-state index is -0.593. The predicted octanol–water partition coefficient (Wildman–Crippen LogP) is 2.62. The topological polar surface area (TPSA) is 84.7 Å². The van der Waals surface area contributed by atoms with E-state index in [2.05, 4.69) is 15.6 Å². The van der Waals surface area contributed by atoms with Gasteiger partial charge >= 0.3 is 0 Å². The van der Waals surface area contributed by atoms with E-state index in [0.29, 0.717) is 26.0 Å². The standard InChI is InChI=1S/C19H19FN4O3S/c20-13-8-12(9-15(10-13)22-18(26)16-2-1-6-27-16)17(25)21-4-3-14-11-24-5-7-28-19(24)23-14/h5,7-11,16H,1-4,6H2,(H,21,25)(H,22,26). The summed E-state index contributed by atoms with van der Waals surface area (Å²) in [6.45, 7) is 0.918. The van der Waals surface area contributed by atoms with Gasteiger partial charge in [0.1, 0.15) is 11.9 Å². The molecule has 0 aliphatic carbocycles. The number of hydrogen-bond acceptors (Lipinski definition) is 5. The third kappa shape index (κ3) is 4.20. The van der Waals surface area contributed by atoms with Gasteiger partial charge in [0.25, 0.3) is 11.8 Å². The van der Waals surface area contributed by atoms with Gasteiger partial charge < -0.3 is 15.4 Å². The van der Waals surface area contributed by atoms with Gasteiger partial charge in [0.15, 0.2) is 4.96 Å². The van der Waals surface area contributed by atoms with Crippen LogP contribution in [0, 0.1) is 5.82 Å². The lowest BCUT2D eigenvalue weighted by atomic mass is 10.1. The molecule has 4 rings (SSSR count). The molecule has 1 aromatic carbocycles. The van der Waals surface area contributed by atoms with Crippen LogP contribution in [0.4, 0.5) is 10.1 Å². The molecule has 1 unspecified atom stereocenters. The van der Waals surface area contributed by atoms with Crippen LogP contribution < -0.4 is 10.6 Å². The Balaban J connectivity index is 1.35. The van der Waals surface area contributed by atoms with Crippen LogP contribution in [0.2, 0.25) is 0 Å². The second-order valence-electron chi connectivity index (χ2n) is 6.55. The Bertz CT molecular complexity index is 981. The second kappa shape index (κ2) is 8.07. The number of nitrogens with one attached hydrogen (secondary N) is 2. The van der Waals surface area contributed by atoms with Gasteiger partial charge in [0.2, 0.25) is 0 Å². The van der Waals surface area contributed by atoms with E-state index < -0.39 is 17.8 Å². The van der Waals surface area contributed by atoms with Crippen molar-refractivity contribution in [1.29, 1.82) is 0 Å². The summed E-state index contributed by atoms with van der Waals surface area (Å²) in [5.41, 5.74) is 1.25. The number of halogens is 1. The Morgan fingerprint density at radius 1 is 1.36 bits per heavy atom. The molecule has 146 valence electrons. The fraction of sp³-hybridized carbons (Fsp3) is 0.316. The molecule has 2 aromatic heterocycles. The number of hydrogen-bond donors (Lipinski definition) is 2. The Morgan fingerprint density at radius 2 is 2.25 bits per heavy atom. The van der Waals surface area contributed by atoms with Crippen molar-refractivity contribution in [2.45, 2.75) is 25.4 Å². The van der Waals surface area contributed by atoms with Crippen LogP contribution in [0.5, 0.6) is 0 Å². The van der Waals surface area contributed by atoms with Crippen molar-refractivity contribution >= 4 is 33.8 Å². The minimum Gasteiger partial charge on any atom is -0.368 e. The molecule has 0 saturated carbocycles. The van der Waals surface area contributed by atoms with E-state index in [0.717, 1.165) is 23.1 Å². The summed E-state index contributed by atoms with van der Waals surface area (Å²) in [4.78, 5) is 29.8. The maximum absolute atomic E-state index is 13.9. The number of thiazole rings is 1. The van der Waals surface area contributed by atoms with Crippen molar-refractivity contribution < 1.29 is 18.7 Å². The van der Waals surface area contributed by atoms with Crippen molar-refractivity contribution in [2.75, 3.05) is 18.5 Å². The van der Waals surface area contributed by atoms with E-state index in [9.17, 15) is 14.0 Å². The highest BCUT2D eigenvalue weighted by Crippen LogP contribution is 2.18. The molecular formula is C19H19FN4O3S. The summed E-state index contributed by atoms with van der Waals surface area (Å²) in [6, 6.07) is 3.78. The Hall–Kier alpha value is -2.78. The number of benzene rings is 1. The number of nitrogens with zero attached hydrogens (tertiary/aromatic N) is 2. The molecule has 7 nitrogen and oxygen atoms in total. The molecule has 1 fully saturated rings. The summed E-state index contributed by atoms with van der Waals surface area (Å²) in [7, 11) is 0. The Morgan fingerprint density at radius 3 is 3.04 bits per heavy atom. The summed E-state index contributed by atoms with van der Waals surface area (Å²) >= 11 is 1.54. The normalized spacial score (nSPS) is 16.4. The van der Waals surface area contributed by atoms with E-state index in [1.54, 1.807) is 11.3 Å². The quantitative estimate of drug-likeness (QED) is 0.664. The fourth-order valence-electron chi connectivity index (χ4n) is 3.10. The highest BCUT2D eigenvalue weighted by molar-refractivity contribution is 7.15. The smallest absolute Gasteiger partial charge is 0.253 e. The Labute approximate surface area is 164 Å². The highest BCUT2D eigenvalue weighted by Gasteiger charge is 2.24. The first-order valence-corrected chi connectivity index (χ1v) is 9.89. The third-order valence-corrected chi connectivity index (χ3v) is 5.23. The summed E-state index contributed by atoms with van der Waals surface area (Å²) in [5.74, 6) is -1.33. The van der Waals surface area contributed by atoms with Gasteiger partial charge in [-0.1, -0.05) is 0 Å². The molecule has 1 atom stereocenters. The molecule has 1 aliphatic heterocycles. The average molecular weight is 402 g/mol. The molecule has 1 saturated heterocycles. The summed E-state index contributed by atoms with van der Waals surface area (Å²) < 4.78 is 21.2. The lowest BCUT2D eigenvalue weighted by Crippen LogP contribution is -2.28. The largest absolute Gasteiger partial charge is 0.368 e. The van der Waals surface area contributed by atoms with Crippen LogP contribution in [0.3, 0.4) is 0 Å². The zero-order valence-corrected chi connectivity index (χ0v) is 15.8. The molecular weight excluding hydrogens is 383 g/mol. The molecule has 3 heterocycles. The number of amides is 2. The minimum absolute atomic E-state index is 0.147. The van der Waals surface area contributed by atoms with Crippen molar-refractivity contribution in [3.8, 4) is 0 Å². The number of rotatable bonds is 6. The number of carbonyl (C=O) groups excluding carboxylic acids is 2. The van der Waals surface area contributed by atoms with Gasteiger partial charge in [-0.3, -0.25) is 14.0 Å². The molecule has 0 bridgehead atoms. The van der Waals surface area contributed by atoms with Crippen molar-refractivity contribution in [1.82, 2.24) is 14.7 Å². The monoisotopic (exact) mass is 402 g/mol. The lowest BCUT2D eigenvalue weighted by molar-refractivity contribution is -0.124. The first-order chi connectivity index (χ1) is 13.6. The summed E-state index contributed by atoms with van der Waals surface area (Å²) in [6.07, 6.45) is 5.35. The van der Waals surface area contributed by atoms with E-state index in [-0.39, 0.29) is 17.2 Å². The van der Waals surface area contributed by atoms with E-state index in [1.807, 2.05) is 22.2 Å². The fourth-order valence-corrected chi connectivity index (χ4v) is 3.82. The van der Waals surface area contributed by atoms with Gasteiger partial charge in [-0.2, -0.15) is 0 Å². The van der Waals surface area contributed by atoms with Crippen molar-refractivity contribution in [3.63, 3.8) is 0 Å². The third-order valence-electron chi connectivity index (χ3n) is 4.46. The molecule has 28 heavy (non-hydrogen) atoms. The van der Waals surface area contributed by atoms with Gasteiger partial charge in [-0.15, -0.1) is 11.3 Å². The molecule has 9 heteroatoms. The molecule has 0 radical (unpaired) electrons. The van der Waals surface area contributed by atoms with Crippen LogP contribution in [-0.4, -0.2) is 40.5 Å². The zero-order chi connectivity index (χ0) is 19.5. The second-order valence-corrected chi connectivity index (χ2v) is 7.42. The number of carbonyl (C=O) groups is 2. The average Bonchev–Trinajstić information content (AvgIpc) is 3.38. The van der Waals surface area contributed by atoms with Gasteiger partial charge in [0.05, 0.1) is 5.69 Å². The SMILES string of the molecule is O=C(NCCc1cn2ccsc2n1)c1cc(F)cc(NC(=O)C2CCCO2)c1. The number of imidazole rings is 1. The lowest BCUT2D eigenvalue weighted by Gasteiger charge is -2.12. The molecule has 1 aliphatic rings. The van der Waals surface area contributed by atoms with Gasteiger partial charge in [0, 0.05) is 48.6 Å². The first kappa shape index (κ1) is 18.6. The van der Waals surface area contributed by atoms with Crippen LogP contribution in [0.25, 0.3) is 4.96 Å². The molecule has 0 spiro atoms. The highest BCUT2D eigenvalue weighted by atomic mass is 32.1. The molecule has 2 amide bonds. The van der Waals surface area contributed by atoms with E-state index in [4.69, 9.17) is 4.74 Å². The van der Waals surface area contributed by atoms with Gasteiger partial charge in [-0.05, 0) is 31.0 Å². The van der Waals surface area contributed by atoms with Gasteiger partial charge in [-0.25, -0.2) is 9.37 Å². The van der Waals surface area contributed by atoms with Crippen LogP contribution in [0.15, 0.2) is 36.0 Å².